The second kappa shape index (κ2) is 5.54. The fourth-order valence-electron chi connectivity index (χ4n) is 1.93. The van der Waals surface area contributed by atoms with E-state index in [-0.39, 0.29) is 17.8 Å². The van der Waals surface area contributed by atoms with Gasteiger partial charge in [0.1, 0.15) is 5.82 Å². The van der Waals surface area contributed by atoms with Crippen molar-refractivity contribution in [1.82, 2.24) is 0 Å². The summed E-state index contributed by atoms with van der Waals surface area (Å²) < 4.78 is 13.9. The Kier molecular flexibility index (Phi) is 4.01. The van der Waals surface area contributed by atoms with Gasteiger partial charge in [-0.3, -0.25) is 4.79 Å². The lowest BCUT2D eigenvalue weighted by Crippen LogP contribution is -2.07. The standard InChI is InChI=1S/C16H14ClFO/c1-10-6-7-12(14(17)8-10)9-15(19)13-5-3-4-11(2)16(13)18/h3-8H,9H2,1-2H3. The summed E-state index contributed by atoms with van der Waals surface area (Å²) in [4.78, 5) is 12.1. The molecule has 0 radical (unpaired) electrons. The van der Waals surface area contributed by atoms with Crippen LogP contribution in [-0.4, -0.2) is 5.78 Å². The SMILES string of the molecule is Cc1ccc(CC(=O)c2cccc(C)c2F)c(Cl)c1. The third-order valence-corrected chi connectivity index (χ3v) is 3.40. The van der Waals surface area contributed by atoms with Crippen LogP contribution in [0, 0.1) is 19.7 Å². The summed E-state index contributed by atoms with van der Waals surface area (Å²) in [6.45, 7) is 3.57. The van der Waals surface area contributed by atoms with E-state index in [1.807, 2.05) is 19.1 Å². The number of Topliss-reactive ketones (excluding diaryl/α,β-unsaturated/α-hetero) is 1. The molecular formula is C16H14ClFO. The Labute approximate surface area is 117 Å². The van der Waals surface area contributed by atoms with Crippen molar-refractivity contribution in [3.05, 3.63) is 69.5 Å². The minimum atomic E-state index is -0.448. The zero-order chi connectivity index (χ0) is 14.0. The number of aryl methyl sites for hydroxylation is 2. The van der Waals surface area contributed by atoms with Gasteiger partial charge in [0.15, 0.2) is 5.78 Å². The molecule has 0 atom stereocenters. The average molecular weight is 277 g/mol. The van der Waals surface area contributed by atoms with Gasteiger partial charge in [0.25, 0.3) is 0 Å². The molecule has 0 bridgehead atoms. The highest BCUT2D eigenvalue weighted by Gasteiger charge is 2.15. The smallest absolute Gasteiger partial charge is 0.170 e. The molecule has 0 N–H and O–H groups in total. The van der Waals surface area contributed by atoms with Crippen molar-refractivity contribution < 1.29 is 9.18 Å². The van der Waals surface area contributed by atoms with Crippen molar-refractivity contribution >= 4 is 17.4 Å². The van der Waals surface area contributed by atoms with E-state index in [1.165, 1.54) is 6.07 Å². The van der Waals surface area contributed by atoms with E-state index in [9.17, 15) is 9.18 Å². The monoisotopic (exact) mass is 276 g/mol. The van der Waals surface area contributed by atoms with Crippen molar-refractivity contribution in [2.24, 2.45) is 0 Å². The molecule has 0 saturated heterocycles. The predicted octanol–water partition coefficient (Wildman–Crippen LogP) is 4.52. The van der Waals surface area contributed by atoms with Crippen LogP contribution in [0.15, 0.2) is 36.4 Å². The minimum Gasteiger partial charge on any atom is -0.294 e. The van der Waals surface area contributed by atoms with Gasteiger partial charge < -0.3 is 0 Å². The van der Waals surface area contributed by atoms with Crippen molar-refractivity contribution in [3.63, 3.8) is 0 Å². The maximum Gasteiger partial charge on any atom is 0.170 e. The van der Waals surface area contributed by atoms with Gasteiger partial charge in [-0.1, -0.05) is 35.9 Å². The highest BCUT2D eigenvalue weighted by molar-refractivity contribution is 6.31. The van der Waals surface area contributed by atoms with Crippen LogP contribution in [0.4, 0.5) is 4.39 Å². The Morgan fingerprint density at radius 2 is 1.95 bits per heavy atom. The van der Waals surface area contributed by atoms with Gasteiger partial charge in [-0.25, -0.2) is 4.39 Å². The molecule has 1 nitrogen and oxygen atoms in total. The fourth-order valence-corrected chi connectivity index (χ4v) is 2.23. The number of halogens is 2. The van der Waals surface area contributed by atoms with E-state index in [2.05, 4.69) is 0 Å². The molecular weight excluding hydrogens is 263 g/mol. The summed E-state index contributed by atoms with van der Waals surface area (Å²) >= 11 is 6.09. The largest absolute Gasteiger partial charge is 0.294 e. The zero-order valence-corrected chi connectivity index (χ0v) is 11.6. The summed E-state index contributed by atoms with van der Waals surface area (Å²) in [5, 5.41) is 0.543. The first-order valence-corrected chi connectivity index (χ1v) is 6.40. The molecule has 19 heavy (non-hydrogen) atoms. The number of hydrogen-bond acceptors (Lipinski definition) is 1. The van der Waals surface area contributed by atoms with Gasteiger partial charge in [-0.15, -0.1) is 0 Å². The molecule has 0 aliphatic carbocycles. The first kappa shape index (κ1) is 13.8. The molecule has 98 valence electrons. The number of carbonyl (C=O) groups excluding carboxylic acids is 1. The Bertz CT molecular complexity index is 635. The second-order valence-electron chi connectivity index (χ2n) is 4.63. The summed E-state index contributed by atoms with van der Waals surface area (Å²) in [5.41, 5.74) is 2.35. The van der Waals surface area contributed by atoms with Gasteiger partial charge >= 0.3 is 0 Å². The lowest BCUT2D eigenvalue weighted by Gasteiger charge is -2.07. The molecule has 0 heterocycles. The van der Waals surface area contributed by atoms with Crippen molar-refractivity contribution in [2.75, 3.05) is 0 Å². The van der Waals surface area contributed by atoms with Crippen LogP contribution in [-0.2, 0) is 6.42 Å². The molecule has 2 aromatic carbocycles. The quantitative estimate of drug-likeness (QED) is 0.753. The van der Waals surface area contributed by atoms with Crippen LogP contribution < -0.4 is 0 Å². The van der Waals surface area contributed by atoms with Gasteiger partial charge in [0.2, 0.25) is 0 Å². The summed E-state index contributed by atoms with van der Waals surface area (Å²) in [6.07, 6.45) is 0.111. The van der Waals surface area contributed by atoms with Crippen LogP contribution in [0.25, 0.3) is 0 Å². The molecule has 0 fully saturated rings. The van der Waals surface area contributed by atoms with E-state index in [4.69, 9.17) is 11.6 Å². The lowest BCUT2D eigenvalue weighted by atomic mass is 10.00. The molecule has 0 saturated carbocycles. The fraction of sp³-hybridized carbons (Fsp3) is 0.188. The first-order chi connectivity index (χ1) is 8.99. The number of carbonyl (C=O) groups is 1. The lowest BCUT2D eigenvalue weighted by molar-refractivity contribution is 0.0989. The van der Waals surface area contributed by atoms with Gasteiger partial charge in [-0.05, 0) is 42.7 Å². The third kappa shape index (κ3) is 3.02. The van der Waals surface area contributed by atoms with Gasteiger partial charge in [0, 0.05) is 11.4 Å². The molecule has 0 aromatic heterocycles. The molecule has 0 spiro atoms. The molecule has 0 aliphatic rings. The molecule has 3 heteroatoms. The van der Waals surface area contributed by atoms with Crippen LogP contribution >= 0.6 is 11.6 Å². The molecule has 2 rings (SSSR count). The topological polar surface area (TPSA) is 17.1 Å². The minimum absolute atomic E-state index is 0.111. The Hall–Kier alpha value is -1.67. The van der Waals surface area contributed by atoms with E-state index < -0.39 is 5.82 Å². The number of hydrogen-bond donors (Lipinski definition) is 0. The van der Waals surface area contributed by atoms with E-state index >= 15 is 0 Å². The summed E-state index contributed by atoms with van der Waals surface area (Å²) in [7, 11) is 0. The number of rotatable bonds is 3. The zero-order valence-electron chi connectivity index (χ0n) is 10.8. The Morgan fingerprint density at radius 1 is 1.21 bits per heavy atom. The van der Waals surface area contributed by atoms with Crippen molar-refractivity contribution in [3.8, 4) is 0 Å². The predicted molar refractivity (Wildman–Crippen MR) is 75.4 cm³/mol. The van der Waals surface area contributed by atoms with Crippen molar-refractivity contribution in [2.45, 2.75) is 20.3 Å². The van der Waals surface area contributed by atoms with E-state index in [0.717, 1.165) is 11.1 Å². The van der Waals surface area contributed by atoms with Crippen LogP contribution in [0.3, 0.4) is 0 Å². The second-order valence-corrected chi connectivity index (χ2v) is 5.04. The maximum absolute atomic E-state index is 13.9. The summed E-state index contributed by atoms with van der Waals surface area (Å²) in [5.74, 6) is -0.706. The van der Waals surface area contributed by atoms with E-state index in [0.29, 0.717) is 10.6 Å². The average Bonchev–Trinajstić information content (AvgIpc) is 2.36. The Morgan fingerprint density at radius 3 is 2.63 bits per heavy atom. The molecule has 2 aromatic rings. The van der Waals surface area contributed by atoms with Crippen molar-refractivity contribution in [1.29, 1.82) is 0 Å². The molecule has 0 amide bonds. The van der Waals surface area contributed by atoms with Crippen LogP contribution in [0.5, 0.6) is 0 Å². The molecule has 0 unspecified atom stereocenters. The Balaban J connectivity index is 2.28. The highest BCUT2D eigenvalue weighted by atomic mass is 35.5. The van der Waals surface area contributed by atoms with Gasteiger partial charge in [-0.2, -0.15) is 0 Å². The van der Waals surface area contributed by atoms with Crippen LogP contribution in [0.1, 0.15) is 27.0 Å². The number of benzene rings is 2. The maximum atomic E-state index is 13.9. The van der Waals surface area contributed by atoms with Crippen LogP contribution in [0.2, 0.25) is 5.02 Å². The third-order valence-electron chi connectivity index (χ3n) is 3.05. The van der Waals surface area contributed by atoms with Gasteiger partial charge in [0.05, 0.1) is 5.56 Å². The summed E-state index contributed by atoms with van der Waals surface area (Å²) in [6, 6.07) is 10.3. The number of ketones is 1. The normalized spacial score (nSPS) is 10.5. The van der Waals surface area contributed by atoms with E-state index in [1.54, 1.807) is 25.1 Å². The first-order valence-electron chi connectivity index (χ1n) is 6.02. The molecule has 0 aliphatic heterocycles. The highest BCUT2D eigenvalue weighted by Crippen LogP contribution is 2.21.